The normalized spacial score (nSPS) is 16.3. The smallest absolute Gasteiger partial charge is 0.321 e. The van der Waals surface area contributed by atoms with Crippen LogP contribution in [0.25, 0.3) is 10.9 Å². The molecule has 1 aromatic heterocycles. The van der Waals surface area contributed by atoms with Crippen LogP contribution < -0.4 is 10.9 Å². The zero-order valence-electron chi connectivity index (χ0n) is 19.5. The SMILES string of the molecule is CCN1CCCC1CN(Cc1cc2cc(C)cc(C)c2[nH]c1=O)C(=O)Nc1ccccc1Cl. The number of hydrogen-bond donors (Lipinski definition) is 2. The number of carbonyl (C=O) groups excluding carboxylic acids is 1. The summed E-state index contributed by atoms with van der Waals surface area (Å²) < 4.78 is 0. The Morgan fingerprint density at radius 3 is 2.79 bits per heavy atom. The Kier molecular flexibility index (Phi) is 7.05. The molecule has 0 bridgehead atoms. The molecule has 2 aromatic carbocycles. The number of rotatable bonds is 6. The maximum absolute atomic E-state index is 13.4. The largest absolute Gasteiger partial charge is 0.322 e. The monoisotopic (exact) mass is 466 g/mol. The summed E-state index contributed by atoms with van der Waals surface area (Å²) in [5.41, 5.74) is 3.98. The number of amides is 2. The van der Waals surface area contributed by atoms with Gasteiger partial charge in [0.2, 0.25) is 0 Å². The molecule has 3 aromatic rings. The highest BCUT2D eigenvalue weighted by Gasteiger charge is 2.28. The first-order valence-electron chi connectivity index (χ1n) is 11.5. The summed E-state index contributed by atoms with van der Waals surface area (Å²) in [4.78, 5) is 33.5. The van der Waals surface area contributed by atoms with Gasteiger partial charge in [-0.1, -0.05) is 42.3 Å². The van der Waals surface area contributed by atoms with E-state index in [4.69, 9.17) is 11.6 Å². The third-order valence-corrected chi connectivity index (χ3v) is 6.80. The minimum absolute atomic E-state index is 0.163. The number of likely N-dealkylation sites (N-methyl/N-ethyl adjacent to an activating group) is 1. The van der Waals surface area contributed by atoms with Crippen molar-refractivity contribution < 1.29 is 4.79 Å². The molecule has 1 fully saturated rings. The molecular formula is C26H31ClN4O2. The number of benzene rings is 2. The Balaban J connectivity index is 1.65. The molecule has 0 radical (unpaired) electrons. The van der Waals surface area contributed by atoms with Crippen molar-refractivity contribution in [1.29, 1.82) is 0 Å². The lowest BCUT2D eigenvalue weighted by atomic mass is 10.0. The summed E-state index contributed by atoms with van der Waals surface area (Å²) in [6.07, 6.45) is 2.16. The van der Waals surface area contributed by atoms with E-state index in [9.17, 15) is 9.59 Å². The number of hydrogen-bond acceptors (Lipinski definition) is 3. The van der Waals surface area contributed by atoms with Gasteiger partial charge < -0.3 is 15.2 Å². The lowest BCUT2D eigenvalue weighted by Gasteiger charge is -2.30. The van der Waals surface area contributed by atoms with Gasteiger partial charge in [-0.25, -0.2) is 4.79 Å². The van der Waals surface area contributed by atoms with E-state index < -0.39 is 0 Å². The second-order valence-electron chi connectivity index (χ2n) is 8.88. The van der Waals surface area contributed by atoms with Gasteiger partial charge in [-0.3, -0.25) is 9.69 Å². The van der Waals surface area contributed by atoms with Gasteiger partial charge in [0.1, 0.15) is 0 Å². The summed E-state index contributed by atoms with van der Waals surface area (Å²) in [5.74, 6) is 0. The van der Waals surface area contributed by atoms with E-state index in [1.807, 2.05) is 32.0 Å². The van der Waals surface area contributed by atoms with E-state index in [2.05, 4.69) is 34.3 Å². The first-order valence-corrected chi connectivity index (χ1v) is 11.9. The average Bonchev–Trinajstić information content (AvgIpc) is 3.23. The van der Waals surface area contributed by atoms with Crippen molar-refractivity contribution in [2.75, 3.05) is 25.0 Å². The fourth-order valence-electron chi connectivity index (χ4n) is 4.80. The molecule has 1 atom stereocenters. The minimum Gasteiger partial charge on any atom is -0.321 e. The van der Waals surface area contributed by atoms with E-state index in [0.29, 0.717) is 22.8 Å². The fourth-order valence-corrected chi connectivity index (χ4v) is 4.99. The molecule has 33 heavy (non-hydrogen) atoms. The summed E-state index contributed by atoms with van der Waals surface area (Å²) >= 11 is 6.27. The van der Waals surface area contributed by atoms with Crippen molar-refractivity contribution in [2.24, 2.45) is 0 Å². The summed E-state index contributed by atoms with van der Waals surface area (Å²) in [7, 11) is 0. The summed E-state index contributed by atoms with van der Waals surface area (Å²) in [5, 5.41) is 4.40. The standard InChI is InChI=1S/C26H31ClN4O2/c1-4-30-11-7-8-21(30)16-31(26(33)28-23-10-6-5-9-22(23)27)15-20-14-19-13-17(2)12-18(3)24(19)29-25(20)32/h5-6,9-10,12-14,21H,4,7-8,11,15-16H2,1-3H3,(H,28,33)(H,29,32). The Labute approximate surface area is 199 Å². The molecular weight excluding hydrogens is 436 g/mol. The molecule has 1 aliphatic heterocycles. The van der Waals surface area contributed by atoms with Crippen LogP contribution >= 0.6 is 11.6 Å². The second-order valence-corrected chi connectivity index (χ2v) is 9.29. The van der Waals surface area contributed by atoms with Crippen LogP contribution in [-0.2, 0) is 6.54 Å². The number of H-pyrrole nitrogens is 1. The number of aryl methyl sites for hydroxylation is 2. The van der Waals surface area contributed by atoms with Crippen LogP contribution in [0.15, 0.2) is 47.3 Å². The van der Waals surface area contributed by atoms with Crippen LogP contribution in [0.5, 0.6) is 0 Å². The molecule has 0 saturated carbocycles. The zero-order chi connectivity index (χ0) is 23.5. The van der Waals surface area contributed by atoms with Gasteiger partial charge in [-0.15, -0.1) is 0 Å². The number of urea groups is 1. The molecule has 2 N–H and O–H groups in total. The summed E-state index contributed by atoms with van der Waals surface area (Å²) in [6.45, 7) is 8.94. The maximum Gasteiger partial charge on any atom is 0.322 e. The van der Waals surface area contributed by atoms with E-state index in [1.165, 1.54) is 0 Å². The third kappa shape index (κ3) is 5.23. The van der Waals surface area contributed by atoms with Crippen LogP contribution in [0.3, 0.4) is 0 Å². The molecule has 2 heterocycles. The highest BCUT2D eigenvalue weighted by atomic mass is 35.5. The lowest BCUT2D eigenvalue weighted by molar-refractivity contribution is 0.174. The number of fused-ring (bicyclic) bond motifs is 1. The molecule has 0 aliphatic carbocycles. The van der Waals surface area contributed by atoms with Crippen molar-refractivity contribution in [3.8, 4) is 0 Å². The molecule has 0 spiro atoms. The molecule has 4 rings (SSSR count). The second kappa shape index (κ2) is 9.98. The van der Waals surface area contributed by atoms with Crippen LogP contribution in [0, 0.1) is 13.8 Å². The molecule has 1 unspecified atom stereocenters. The lowest BCUT2D eigenvalue weighted by Crippen LogP contribution is -2.45. The Bertz CT molecular complexity index is 1220. The van der Waals surface area contributed by atoms with Gasteiger partial charge in [0, 0.05) is 18.2 Å². The highest BCUT2D eigenvalue weighted by molar-refractivity contribution is 6.33. The molecule has 2 amide bonds. The van der Waals surface area contributed by atoms with E-state index >= 15 is 0 Å². The van der Waals surface area contributed by atoms with Crippen LogP contribution in [0.2, 0.25) is 5.02 Å². The number of aromatic nitrogens is 1. The van der Waals surface area contributed by atoms with E-state index in [1.54, 1.807) is 17.0 Å². The number of aromatic amines is 1. The number of para-hydroxylation sites is 1. The minimum atomic E-state index is -0.258. The number of pyridine rings is 1. The molecule has 174 valence electrons. The van der Waals surface area contributed by atoms with Gasteiger partial charge >= 0.3 is 6.03 Å². The van der Waals surface area contributed by atoms with Gasteiger partial charge in [-0.2, -0.15) is 0 Å². The predicted molar refractivity (Wildman–Crippen MR) is 135 cm³/mol. The quantitative estimate of drug-likeness (QED) is 0.516. The Hall–Kier alpha value is -2.83. The third-order valence-electron chi connectivity index (χ3n) is 6.47. The van der Waals surface area contributed by atoms with E-state index in [-0.39, 0.29) is 24.2 Å². The summed E-state index contributed by atoms with van der Waals surface area (Å²) in [6, 6.07) is 13.2. The Morgan fingerprint density at radius 1 is 1.24 bits per heavy atom. The van der Waals surface area contributed by atoms with Crippen molar-refractivity contribution in [3.05, 3.63) is 74.5 Å². The van der Waals surface area contributed by atoms with E-state index in [0.717, 1.165) is 48.0 Å². The molecule has 1 saturated heterocycles. The molecule has 6 nitrogen and oxygen atoms in total. The number of likely N-dealkylation sites (tertiary alicyclic amines) is 1. The van der Waals surface area contributed by atoms with Crippen LogP contribution in [-0.4, -0.2) is 46.5 Å². The van der Waals surface area contributed by atoms with Gasteiger partial charge in [-0.05, 0) is 75.0 Å². The first-order chi connectivity index (χ1) is 15.9. The molecule has 7 heteroatoms. The van der Waals surface area contributed by atoms with Crippen molar-refractivity contribution in [3.63, 3.8) is 0 Å². The Morgan fingerprint density at radius 2 is 2.03 bits per heavy atom. The maximum atomic E-state index is 13.4. The zero-order valence-corrected chi connectivity index (χ0v) is 20.2. The number of anilines is 1. The number of nitrogens with one attached hydrogen (secondary N) is 2. The highest BCUT2D eigenvalue weighted by Crippen LogP contribution is 2.24. The number of nitrogens with zero attached hydrogens (tertiary/aromatic N) is 2. The van der Waals surface area contributed by atoms with Gasteiger partial charge in [0.25, 0.3) is 5.56 Å². The number of halogens is 1. The predicted octanol–water partition coefficient (Wildman–Crippen LogP) is 5.32. The van der Waals surface area contributed by atoms with Crippen LogP contribution in [0.1, 0.15) is 36.5 Å². The van der Waals surface area contributed by atoms with Crippen molar-refractivity contribution in [2.45, 2.75) is 46.2 Å². The number of carbonyl (C=O) groups is 1. The van der Waals surface area contributed by atoms with Crippen LogP contribution in [0.4, 0.5) is 10.5 Å². The first kappa shape index (κ1) is 23.3. The van der Waals surface area contributed by atoms with Gasteiger partial charge in [0.05, 0.1) is 22.8 Å². The van der Waals surface area contributed by atoms with Crippen molar-refractivity contribution in [1.82, 2.24) is 14.8 Å². The molecule has 1 aliphatic rings. The van der Waals surface area contributed by atoms with Crippen molar-refractivity contribution >= 4 is 34.2 Å². The fraction of sp³-hybridized carbons (Fsp3) is 0.385. The average molecular weight is 467 g/mol. The topological polar surface area (TPSA) is 68.4 Å². The van der Waals surface area contributed by atoms with Gasteiger partial charge in [0.15, 0.2) is 0 Å².